The van der Waals surface area contributed by atoms with E-state index in [2.05, 4.69) is 30.1 Å². The molecule has 2 aromatic carbocycles. The molecular formula is C32H39N3O4S. The van der Waals surface area contributed by atoms with Crippen LogP contribution >= 0.6 is 11.3 Å². The number of hydrogen-bond acceptors (Lipinski definition) is 6. The van der Waals surface area contributed by atoms with Gasteiger partial charge in [0.2, 0.25) is 5.91 Å². The van der Waals surface area contributed by atoms with Crippen LogP contribution in [0.5, 0.6) is 5.75 Å². The molecule has 3 aromatic rings. The van der Waals surface area contributed by atoms with Gasteiger partial charge < -0.3 is 20.5 Å². The number of aliphatic hydroxyl groups excluding tert-OH is 1. The number of aliphatic hydroxyl groups is 1. The number of hydrogen-bond donors (Lipinski definition) is 2. The van der Waals surface area contributed by atoms with Crippen LogP contribution in [-0.2, 0) is 4.79 Å². The van der Waals surface area contributed by atoms with Crippen LogP contribution in [0, 0.1) is 18.8 Å². The predicted octanol–water partition coefficient (Wildman–Crippen LogP) is 6.08. The number of aromatic nitrogens is 1. The summed E-state index contributed by atoms with van der Waals surface area (Å²) in [6.45, 7) is 2.78. The molecule has 1 aromatic heterocycles. The van der Waals surface area contributed by atoms with Crippen molar-refractivity contribution in [1.82, 2.24) is 4.98 Å². The van der Waals surface area contributed by atoms with Gasteiger partial charge >= 0.3 is 0 Å². The summed E-state index contributed by atoms with van der Waals surface area (Å²) in [5, 5.41) is 10.3. The number of benzene rings is 2. The van der Waals surface area contributed by atoms with Crippen LogP contribution < -0.4 is 15.4 Å². The van der Waals surface area contributed by atoms with Crippen LogP contribution in [0.2, 0.25) is 0 Å². The number of ether oxygens (including phenoxy) is 1. The van der Waals surface area contributed by atoms with Crippen molar-refractivity contribution in [3.8, 4) is 16.2 Å². The number of carbonyl (C=O) groups excluding carboxylic acids is 2. The number of rotatable bonds is 8. The topological polar surface area (TPSA) is 106 Å². The van der Waals surface area contributed by atoms with E-state index in [1.54, 1.807) is 13.3 Å². The summed E-state index contributed by atoms with van der Waals surface area (Å²) in [6, 6.07) is 14.5. The molecule has 0 unspecified atom stereocenters. The van der Waals surface area contributed by atoms with Crippen LogP contribution in [0.1, 0.15) is 78.2 Å². The lowest BCUT2D eigenvalue weighted by molar-refractivity contribution is -0.124. The third-order valence-corrected chi connectivity index (χ3v) is 9.71. The summed E-state index contributed by atoms with van der Waals surface area (Å²) >= 11 is 1.26. The van der Waals surface area contributed by atoms with Crippen molar-refractivity contribution in [1.29, 1.82) is 0 Å². The first kappa shape index (κ1) is 28.3. The molecule has 0 spiro atoms. The Morgan fingerprint density at radius 3 is 2.45 bits per heavy atom. The van der Waals surface area contributed by atoms with Crippen molar-refractivity contribution in [2.24, 2.45) is 17.6 Å². The Morgan fingerprint density at radius 1 is 1.05 bits per heavy atom. The molecule has 2 aliphatic carbocycles. The lowest BCUT2D eigenvalue weighted by Gasteiger charge is -2.36. The normalized spacial score (nSPS) is 23.0. The van der Waals surface area contributed by atoms with Gasteiger partial charge in [-0.1, -0.05) is 24.3 Å². The maximum atomic E-state index is 14.0. The van der Waals surface area contributed by atoms with Crippen molar-refractivity contribution in [2.45, 2.75) is 70.3 Å². The molecule has 0 atom stereocenters. The van der Waals surface area contributed by atoms with Crippen molar-refractivity contribution in [3.05, 3.63) is 64.8 Å². The number of nitrogens with zero attached hydrogens (tertiary/aromatic N) is 2. The Labute approximate surface area is 240 Å². The van der Waals surface area contributed by atoms with Gasteiger partial charge in [0.1, 0.15) is 5.75 Å². The van der Waals surface area contributed by atoms with Gasteiger partial charge in [0.05, 0.1) is 18.1 Å². The number of amides is 2. The number of aryl methyl sites for hydroxylation is 1. The fourth-order valence-corrected chi connectivity index (χ4v) is 7.07. The molecule has 0 bridgehead atoms. The van der Waals surface area contributed by atoms with Crippen LogP contribution in [0.4, 0.5) is 5.69 Å². The zero-order valence-corrected chi connectivity index (χ0v) is 24.2. The Hall–Kier alpha value is -3.23. The Bertz CT molecular complexity index is 1340. The molecule has 0 saturated heterocycles. The standard InChI is InChI=1S/C32H39N3O4S/c1-20-16-24(12-15-28(20)39-2)22-8-6-21(7-9-22)19-35(32(38)23-10-13-27(36)14-11-23)26-5-3-4-25(17-26)29-18-34-31(40-29)30(33)37/h3-5,12,15-18,21-23,27,36H,6-11,13-14,19H2,1-2H3,(H2,33,37)/t21-,22-,23-,27-. The maximum Gasteiger partial charge on any atom is 0.277 e. The van der Waals surface area contributed by atoms with Gasteiger partial charge in [-0.05, 0) is 105 Å². The first-order valence-electron chi connectivity index (χ1n) is 14.3. The first-order valence-corrected chi connectivity index (χ1v) is 15.1. The molecule has 5 rings (SSSR count). The molecule has 0 radical (unpaired) electrons. The molecular weight excluding hydrogens is 522 g/mol. The van der Waals surface area contributed by atoms with E-state index in [0.717, 1.165) is 60.4 Å². The fourth-order valence-electron chi connectivity index (χ4n) is 6.31. The van der Waals surface area contributed by atoms with Gasteiger partial charge in [-0.2, -0.15) is 0 Å². The smallest absolute Gasteiger partial charge is 0.277 e. The Morgan fingerprint density at radius 2 is 1.80 bits per heavy atom. The molecule has 8 heteroatoms. The predicted molar refractivity (Wildman–Crippen MR) is 159 cm³/mol. The zero-order valence-electron chi connectivity index (χ0n) is 23.3. The van der Waals surface area contributed by atoms with Gasteiger partial charge in [0, 0.05) is 24.3 Å². The van der Waals surface area contributed by atoms with Gasteiger partial charge in [-0.15, -0.1) is 11.3 Å². The second-order valence-corrected chi connectivity index (χ2v) is 12.4. The Balaban J connectivity index is 1.34. The number of anilines is 1. The minimum Gasteiger partial charge on any atom is -0.496 e. The average Bonchev–Trinajstić information content (AvgIpc) is 3.47. The molecule has 212 valence electrons. The van der Waals surface area contributed by atoms with E-state index in [0.29, 0.717) is 31.2 Å². The summed E-state index contributed by atoms with van der Waals surface area (Å²) in [5.74, 6) is 1.41. The summed E-state index contributed by atoms with van der Waals surface area (Å²) in [6.07, 6.45) is 8.49. The summed E-state index contributed by atoms with van der Waals surface area (Å²) in [7, 11) is 1.71. The number of thiazole rings is 1. The van der Waals surface area contributed by atoms with E-state index in [1.165, 1.54) is 22.5 Å². The lowest BCUT2D eigenvalue weighted by atomic mass is 9.78. The van der Waals surface area contributed by atoms with Crippen LogP contribution in [-0.4, -0.2) is 41.7 Å². The highest BCUT2D eigenvalue weighted by Gasteiger charge is 2.32. The molecule has 40 heavy (non-hydrogen) atoms. The first-order chi connectivity index (χ1) is 19.3. The van der Waals surface area contributed by atoms with Crippen molar-refractivity contribution < 1.29 is 19.4 Å². The second-order valence-electron chi connectivity index (χ2n) is 11.3. The molecule has 2 saturated carbocycles. The average molecular weight is 562 g/mol. The molecule has 2 fully saturated rings. The SMILES string of the molecule is COc1ccc([C@H]2CC[C@H](CN(c3cccc(-c4cnc(C(N)=O)s4)c3)C(=O)[C@H]3CC[C@H](O)CC3)CC2)cc1C. The van der Waals surface area contributed by atoms with Gasteiger partial charge in [-0.25, -0.2) is 4.98 Å². The highest BCUT2D eigenvalue weighted by molar-refractivity contribution is 7.16. The summed E-state index contributed by atoms with van der Waals surface area (Å²) in [5.41, 5.74) is 9.75. The van der Waals surface area contributed by atoms with Crippen molar-refractivity contribution in [2.75, 3.05) is 18.6 Å². The van der Waals surface area contributed by atoms with Gasteiger partial charge in [0.25, 0.3) is 5.91 Å². The summed E-state index contributed by atoms with van der Waals surface area (Å²) < 4.78 is 5.44. The van der Waals surface area contributed by atoms with Crippen LogP contribution in [0.15, 0.2) is 48.7 Å². The Kier molecular flexibility index (Phi) is 8.86. The quantitative estimate of drug-likeness (QED) is 0.347. The third-order valence-electron chi connectivity index (χ3n) is 8.65. The lowest BCUT2D eigenvalue weighted by Crippen LogP contribution is -2.41. The third kappa shape index (κ3) is 6.39. The van der Waals surface area contributed by atoms with E-state index in [9.17, 15) is 14.7 Å². The van der Waals surface area contributed by atoms with E-state index in [1.807, 2.05) is 29.2 Å². The second kappa shape index (κ2) is 12.5. The molecule has 2 amide bonds. The number of carbonyl (C=O) groups is 2. The molecule has 3 N–H and O–H groups in total. The molecule has 7 nitrogen and oxygen atoms in total. The van der Waals surface area contributed by atoms with E-state index < -0.39 is 5.91 Å². The van der Waals surface area contributed by atoms with Crippen molar-refractivity contribution in [3.63, 3.8) is 0 Å². The van der Waals surface area contributed by atoms with Crippen LogP contribution in [0.3, 0.4) is 0 Å². The zero-order chi connectivity index (χ0) is 28.2. The highest BCUT2D eigenvalue weighted by atomic mass is 32.1. The van der Waals surface area contributed by atoms with Crippen molar-refractivity contribution >= 4 is 28.8 Å². The van der Waals surface area contributed by atoms with Gasteiger partial charge in [-0.3, -0.25) is 9.59 Å². The van der Waals surface area contributed by atoms with Gasteiger partial charge in [0.15, 0.2) is 5.01 Å². The van der Waals surface area contributed by atoms with E-state index >= 15 is 0 Å². The number of nitrogens with two attached hydrogens (primary N) is 1. The fraction of sp³-hybridized carbons (Fsp3) is 0.469. The number of primary amides is 1. The molecule has 2 aliphatic rings. The maximum absolute atomic E-state index is 14.0. The largest absolute Gasteiger partial charge is 0.496 e. The van der Waals surface area contributed by atoms with E-state index in [-0.39, 0.29) is 22.9 Å². The van der Waals surface area contributed by atoms with E-state index in [4.69, 9.17) is 10.5 Å². The van der Waals surface area contributed by atoms with Crippen LogP contribution in [0.25, 0.3) is 10.4 Å². The number of methoxy groups -OCH3 is 1. The molecule has 1 heterocycles. The summed E-state index contributed by atoms with van der Waals surface area (Å²) in [4.78, 5) is 32.5. The minimum absolute atomic E-state index is 0.0736. The molecule has 0 aliphatic heterocycles. The minimum atomic E-state index is -0.538. The monoisotopic (exact) mass is 561 g/mol. The highest BCUT2D eigenvalue weighted by Crippen LogP contribution is 2.39.